The van der Waals surface area contributed by atoms with Crippen LogP contribution in [0.4, 0.5) is 0 Å². The number of hydrogen-bond acceptors (Lipinski definition) is 3. The number of piperidine rings is 1. The molecule has 3 rings (SSSR count). The number of aliphatic hydroxyl groups excluding tert-OH is 1. The Balaban J connectivity index is 0.00000320. The number of benzene rings is 2. The molecule has 1 saturated heterocycles. The molecule has 1 aliphatic rings. The lowest BCUT2D eigenvalue weighted by molar-refractivity contribution is 0.0792. The molecular weight excluding hydrogens is 511 g/mol. The molecule has 0 radical (unpaired) electrons. The first-order valence-electron chi connectivity index (χ1n) is 10.4. The van der Waals surface area contributed by atoms with Crippen LogP contribution in [0.3, 0.4) is 0 Å². The van der Waals surface area contributed by atoms with E-state index in [0.717, 1.165) is 62.1 Å². The maximum atomic E-state index is 9.63. The van der Waals surface area contributed by atoms with Gasteiger partial charge in [0.1, 0.15) is 0 Å². The molecule has 0 spiro atoms. The van der Waals surface area contributed by atoms with Crippen molar-refractivity contribution in [3.63, 3.8) is 0 Å². The topological polar surface area (TPSA) is 59.9 Å². The fourth-order valence-corrected chi connectivity index (χ4v) is 3.64. The molecule has 1 fully saturated rings. The van der Waals surface area contributed by atoms with Gasteiger partial charge in [-0.1, -0.05) is 48.0 Å². The van der Waals surface area contributed by atoms with Crippen molar-refractivity contribution in [1.82, 2.24) is 15.5 Å². The van der Waals surface area contributed by atoms with E-state index in [1.165, 1.54) is 11.1 Å². The van der Waals surface area contributed by atoms with Crippen molar-refractivity contribution in [2.24, 2.45) is 4.99 Å². The second kappa shape index (κ2) is 13.1. The molecule has 30 heavy (non-hydrogen) atoms. The summed E-state index contributed by atoms with van der Waals surface area (Å²) in [4.78, 5) is 7.06. The predicted octanol–water partition coefficient (Wildman–Crippen LogP) is 4.17. The highest BCUT2D eigenvalue weighted by Gasteiger charge is 2.16. The van der Waals surface area contributed by atoms with Gasteiger partial charge in [-0.3, -0.25) is 4.90 Å². The highest BCUT2D eigenvalue weighted by atomic mass is 127. The predicted molar refractivity (Wildman–Crippen MR) is 135 cm³/mol. The molecule has 1 aliphatic heterocycles. The van der Waals surface area contributed by atoms with E-state index in [9.17, 15) is 5.11 Å². The van der Waals surface area contributed by atoms with Crippen molar-refractivity contribution in [3.05, 3.63) is 70.2 Å². The van der Waals surface area contributed by atoms with E-state index in [0.29, 0.717) is 6.54 Å². The molecule has 0 saturated carbocycles. The summed E-state index contributed by atoms with van der Waals surface area (Å²) in [7, 11) is 0. The fourth-order valence-electron chi connectivity index (χ4n) is 3.43. The van der Waals surface area contributed by atoms with E-state index < -0.39 is 0 Å². The number of nitrogens with zero attached hydrogens (tertiary/aromatic N) is 2. The Bertz CT molecular complexity index is 792. The van der Waals surface area contributed by atoms with E-state index in [4.69, 9.17) is 11.6 Å². The minimum atomic E-state index is -0.119. The molecule has 0 bridgehead atoms. The largest absolute Gasteiger partial charge is 0.393 e. The summed E-state index contributed by atoms with van der Waals surface area (Å²) in [5.74, 6) is 0.795. The molecule has 0 amide bonds. The summed E-state index contributed by atoms with van der Waals surface area (Å²) in [6, 6.07) is 16.5. The average molecular weight is 543 g/mol. The third kappa shape index (κ3) is 8.41. The fraction of sp³-hybridized carbons (Fsp3) is 0.435. The maximum Gasteiger partial charge on any atom is 0.191 e. The zero-order chi connectivity index (χ0) is 20.5. The molecule has 0 atom stereocenters. The first-order chi connectivity index (χ1) is 14.1. The lowest BCUT2D eigenvalue weighted by Crippen LogP contribution is -2.36. The van der Waals surface area contributed by atoms with Crippen LogP contribution in [0.15, 0.2) is 53.5 Å². The quantitative estimate of drug-likeness (QED) is 0.279. The molecule has 0 aromatic heterocycles. The van der Waals surface area contributed by atoms with Crippen LogP contribution in [-0.2, 0) is 19.6 Å². The van der Waals surface area contributed by atoms with E-state index in [1.54, 1.807) is 0 Å². The third-order valence-corrected chi connectivity index (χ3v) is 5.33. The van der Waals surface area contributed by atoms with E-state index in [-0.39, 0.29) is 30.1 Å². The van der Waals surface area contributed by atoms with Crippen LogP contribution in [0.5, 0.6) is 0 Å². The molecule has 0 aliphatic carbocycles. The average Bonchev–Trinajstić information content (AvgIpc) is 2.73. The number of aliphatic imine (C=N–C) groups is 1. The zero-order valence-corrected chi connectivity index (χ0v) is 20.6. The highest BCUT2D eigenvalue weighted by molar-refractivity contribution is 14.0. The molecule has 1 heterocycles. The minimum Gasteiger partial charge on any atom is -0.393 e. The van der Waals surface area contributed by atoms with Crippen LogP contribution in [0.1, 0.15) is 36.5 Å². The standard InChI is InChI=1S/C23H31ClN4O.HI/c1-2-25-23(27-16-20-4-3-5-21(24)14-20)26-15-18-6-8-19(9-7-18)17-28-12-10-22(29)11-13-28;/h3-9,14,22,29H,2,10-13,15-17H2,1H3,(H2,25,26,27);1H. The molecular formula is C23H32ClIN4O. The van der Waals surface area contributed by atoms with Crippen LogP contribution < -0.4 is 10.6 Å². The van der Waals surface area contributed by atoms with Gasteiger partial charge >= 0.3 is 0 Å². The van der Waals surface area contributed by atoms with Crippen LogP contribution in [0, 0.1) is 0 Å². The summed E-state index contributed by atoms with van der Waals surface area (Å²) < 4.78 is 0. The van der Waals surface area contributed by atoms with Crippen LogP contribution in [-0.4, -0.2) is 41.7 Å². The number of nitrogens with one attached hydrogen (secondary N) is 2. The van der Waals surface area contributed by atoms with Crippen LogP contribution in [0.25, 0.3) is 0 Å². The van der Waals surface area contributed by atoms with Crippen molar-refractivity contribution in [2.45, 2.75) is 45.5 Å². The second-order valence-corrected chi connectivity index (χ2v) is 7.94. The number of halogens is 2. The normalized spacial score (nSPS) is 15.5. The Morgan fingerprint density at radius 2 is 1.77 bits per heavy atom. The minimum absolute atomic E-state index is 0. The zero-order valence-electron chi connectivity index (χ0n) is 17.5. The summed E-state index contributed by atoms with van der Waals surface area (Å²) in [6.45, 7) is 7.07. The Labute approximate surface area is 201 Å². The molecule has 2 aromatic rings. The Morgan fingerprint density at radius 1 is 1.07 bits per heavy atom. The van der Waals surface area contributed by atoms with Gasteiger partial charge in [-0.25, -0.2) is 4.99 Å². The van der Waals surface area contributed by atoms with Gasteiger partial charge in [0, 0.05) is 37.7 Å². The van der Waals surface area contributed by atoms with Gasteiger partial charge in [-0.05, 0) is 48.6 Å². The lowest BCUT2D eigenvalue weighted by atomic mass is 10.1. The number of likely N-dealkylation sites (tertiary alicyclic amines) is 1. The van der Waals surface area contributed by atoms with Gasteiger partial charge in [-0.2, -0.15) is 0 Å². The van der Waals surface area contributed by atoms with Gasteiger partial charge in [0.25, 0.3) is 0 Å². The van der Waals surface area contributed by atoms with E-state index >= 15 is 0 Å². The second-order valence-electron chi connectivity index (χ2n) is 7.50. The van der Waals surface area contributed by atoms with Crippen molar-refractivity contribution in [1.29, 1.82) is 0 Å². The molecule has 164 valence electrons. The number of aliphatic hydroxyl groups is 1. The van der Waals surface area contributed by atoms with Gasteiger partial charge in [-0.15, -0.1) is 24.0 Å². The molecule has 2 aromatic carbocycles. The summed E-state index contributed by atoms with van der Waals surface area (Å²) >= 11 is 6.05. The SMILES string of the molecule is CCNC(=NCc1cccc(Cl)c1)NCc1ccc(CN2CCC(O)CC2)cc1.I. The highest BCUT2D eigenvalue weighted by Crippen LogP contribution is 2.14. The summed E-state index contributed by atoms with van der Waals surface area (Å²) in [6.07, 6.45) is 1.64. The van der Waals surface area contributed by atoms with E-state index in [1.807, 2.05) is 24.3 Å². The molecule has 0 unspecified atom stereocenters. The lowest BCUT2D eigenvalue weighted by Gasteiger charge is -2.29. The van der Waals surface area contributed by atoms with Gasteiger partial charge in [0.15, 0.2) is 5.96 Å². The first-order valence-corrected chi connectivity index (χ1v) is 10.7. The summed E-state index contributed by atoms with van der Waals surface area (Å²) in [5.41, 5.74) is 3.62. The smallest absolute Gasteiger partial charge is 0.191 e. The Morgan fingerprint density at radius 3 is 2.43 bits per heavy atom. The number of rotatable bonds is 7. The third-order valence-electron chi connectivity index (χ3n) is 5.10. The van der Waals surface area contributed by atoms with Crippen LogP contribution >= 0.6 is 35.6 Å². The molecule has 5 nitrogen and oxygen atoms in total. The van der Waals surface area contributed by atoms with Crippen molar-refractivity contribution in [3.8, 4) is 0 Å². The van der Waals surface area contributed by atoms with Gasteiger partial charge in [0.05, 0.1) is 12.6 Å². The molecule has 7 heteroatoms. The van der Waals surface area contributed by atoms with Crippen molar-refractivity contribution in [2.75, 3.05) is 19.6 Å². The maximum absolute atomic E-state index is 9.63. The monoisotopic (exact) mass is 542 g/mol. The molecule has 3 N–H and O–H groups in total. The Hall–Kier alpha value is -1.35. The first kappa shape index (κ1) is 24.9. The summed E-state index contributed by atoms with van der Waals surface area (Å²) in [5, 5.41) is 17.0. The van der Waals surface area contributed by atoms with Gasteiger partial charge < -0.3 is 15.7 Å². The number of hydrogen-bond donors (Lipinski definition) is 3. The van der Waals surface area contributed by atoms with Crippen molar-refractivity contribution < 1.29 is 5.11 Å². The Kier molecular flexibility index (Phi) is 10.9. The number of guanidine groups is 1. The van der Waals surface area contributed by atoms with Crippen LogP contribution in [0.2, 0.25) is 5.02 Å². The van der Waals surface area contributed by atoms with Gasteiger partial charge in [0.2, 0.25) is 0 Å². The van der Waals surface area contributed by atoms with E-state index in [2.05, 4.69) is 51.7 Å². The van der Waals surface area contributed by atoms with Crippen molar-refractivity contribution >= 4 is 41.5 Å².